The zero-order valence-corrected chi connectivity index (χ0v) is 13.0. The number of anilines is 1. The first-order valence-corrected chi connectivity index (χ1v) is 6.84. The van der Waals surface area contributed by atoms with Gasteiger partial charge in [0.25, 0.3) is 0 Å². The summed E-state index contributed by atoms with van der Waals surface area (Å²) in [7, 11) is 0. The zero-order valence-electron chi connectivity index (χ0n) is 10.7. The topological polar surface area (TPSA) is 74.0 Å². The number of nitriles is 1. The van der Waals surface area contributed by atoms with Gasteiger partial charge in [-0.25, -0.2) is 4.98 Å². The molecule has 1 N–H and O–H groups in total. The Labute approximate surface area is 136 Å². The molecule has 21 heavy (non-hydrogen) atoms. The maximum atomic E-state index is 8.91. The maximum absolute atomic E-state index is 8.91. The lowest BCUT2D eigenvalue weighted by Gasteiger charge is -2.07. The molecule has 0 aliphatic heterocycles. The van der Waals surface area contributed by atoms with E-state index in [1.807, 2.05) is 24.3 Å². The highest BCUT2D eigenvalue weighted by Gasteiger charge is 2.16. The Morgan fingerprint density at radius 3 is 2.67 bits per heavy atom. The lowest BCUT2D eigenvalue weighted by molar-refractivity contribution is 1.20. The summed E-state index contributed by atoms with van der Waals surface area (Å²) in [5, 5.41) is 13.1. The van der Waals surface area contributed by atoms with Crippen molar-refractivity contribution in [1.82, 2.24) is 9.97 Å². The highest BCUT2D eigenvalue weighted by Crippen LogP contribution is 2.34. The molecule has 0 amide bonds. The molecule has 8 heteroatoms. The van der Waals surface area contributed by atoms with Crippen LogP contribution in [0.3, 0.4) is 0 Å². The average molecular weight is 341 g/mol. The largest absolute Gasteiger partial charge is 0.260 e. The Balaban J connectivity index is 2.31. The van der Waals surface area contributed by atoms with Crippen LogP contribution in [0.1, 0.15) is 18.2 Å². The third-order valence-electron chi connectivity index (χ3n) is 2.51. The van der Waals surface area contributed by atoms with E-state index in [0.717, 1.165) is 0 Å². The molecule has 0 aromatic carbocycles. The molecule has 0 saturated heterocycles. The van der Waals surface area contributed by atoms with Gasteiger partial charge >= 0.3 is 0 Å². The highest BCUT2D eigenvalue weighted by atomic mass is 35.5. The van der Waals surface area contributed by atoms with E-state index in [-0.39, 0.29) is 26.6 Å². The molecule has 0 bridgehead atoms. The minimum Gasteiger partial charge on any atom is -0.260 e. The highest BCUT2D eigenvalue weighted by molar-refractivity contribution is 6.45. The van der Waals surface area contributed by atoms with Gasteiger partial charge in [-0.2, -0.15) is 10.4 Å². The van der Waals surface area contributed by atoms with Crippen molar-refractivity contribution in [2.24, 2.45) is 5.10 Å². The molecule has 0 radical (unpaired) electrons. The van der Waals surface area contributed by atoms with Gasteiger partial charge < -0.3 is 0 Å². The fourth-order valence-corrected chi connectivity index (χ4v) is 2.12. The van der Waals surface area contributed by atoms with Gasteiger partial charge in [-0.15, -0.1) is 0 Å². The van der Waals surface area contributed by atoms with Crippen molar-refractivity contribution in [3.63, 3.8) is 0 Å². The van der Waals surface area contributed by atoms with Gasteiger partial charge in [0.2, 0.25) is 0 Å². The van der Waals surface area contributed by atoms with Gasteiger partial charge in [-0.05, 0) is 19.1 Å². The van der Waals surface area contributed by atoms with E-state index in [9.17, 15) is 0 Å². The van der Waals surface area contributed by atoms with Crippen LogP contribution in [0, 0.1) is 11.3 Å². The SMILES string of the molecule is C/C(=N/Nc1nc(Cl)c(C#N)c(Cl)c1Cl)c1ccccn1. The number of rotatable bonds is 3. The van der Waals surface area contributed by atoms with Crippen molar-refractivity contribution in [3.05, 3.63) is 50.9 Å². The summed E-state index contributed by atoms with van der Waals surface area (Å²) >= 11 is 17.8. The van der Waals surface area contributed by atoms with Crippen LogP contribution in [0.4, 0.5) is 5.82 Å². The smallest absolute Gasteiger partial charge is 0.168 e. The minimum absolute atomic E-state index is 0.0271. The van der Waals surface area contributed by atoms with Crippen LogP contribution in [-0.4, -0.2) is 15.7 Å². The Morgan fingerprint density at radius 1 is 1.29 bits per heavy atom. The first kappa shape index (κ1) is 15.5. The van der Waals surface area contributed by atoms with Gasteiger partial charge in [0.1, 0.15) is 16.7 Å². The summed E-state index contributed by atoms with van der Waals surface area (Å²) in [6, 6.07) is 7.31. The van der Waals surface area contributed by atoms with E-state index in [4.69, 9.17) is 40.1 Å². The molecule has 2 aromatic rings. The number of nitrogens with one attached hydrogen (secondary N) is 1. The molecular weight excluding hydrogens is 333 g/mol. The Bertz CT molecular complexity index is 738. The predicted molar refractivity (Wildman–Crippen MR) is 84.1 cm³/mol. The van der Waals surface area contributed by atoms with Crippen LogP contribution in [0.2, 0.25) is 15.2 Å². The number of hydrogen-bond acceptors (Lipinski definition) is 5. The van der Waals surface area contributed by atoms with Crippen molar-refractivity contribution < 1.29 is 0 Å². The summed E-state index contributed by atoms with van der Waals surface area (Å²) in [5.74, 6) is 0.168. The second-order valence-corrected chi connectivity index (χ2v) is 5.00. The number of hydrazone groups is 1. The fourth-order valence-electron chi connectivity index (χ4n) is 1.45. The van der Waals surface area contributed by atoms with E-state index in [1.54, 1.807) is 13.1 Å². The summed E-state index contributed by atoms with van der Waals surface area (Å²) in [4.78, 5) is 8.11. The second kappa shape index (κ2) is 6.72. The monoisotopic (exact) mass is 339 g/mol. The molecule has 2 rings (SSSR count). The van der Waals surface area contributed by atoms with Crippen LogP contribution in [0.25, 0.3) is 0 Å². The molecule has 0 spiro atoms. The molecule has 2 aromatic heterocycles. The fraction of sp³-hybridized carbons (Fsp3) is 0.0769. The normalized spacial score (nSPS) is 11.1. The number of aromatic nitrogens is 2. The second-order valence-electron chi connectivity index (χ2n) is 3.89. The number of pyridine rings is 2. The van der Waals surface area contributed by atoms with Gasteiger partial charge in [0.15, 0.2) is 11.0 Å². The standard InChI is InChI=1S/C13H8Cl3N5/c1-7(9-4-2-3-5-18-9)20-21-13-11(15)10(14)8(6-17)12(16)19-13/h2-5H,1H3,(H,19,21)/b20-7-. The number of hydrogen-bond donors (Lipinski definition) is 1. The third-order valence-corrected chi connectivity index (χ3v) is 3.63. The Morgan fingerprint density at radius 2 is 2.05 bits per heavy atom. The molecular formula is C13H8Cl3N5. The quantitative estimate of drug-likeness (QED) is 0.517. The van der Waals surface area contributed by atoms with Gasteiger partial charge in [-0.3, -0.25) is 10.4 Å². The molecule has 106 valence electrons. The molecule has 5 nitrogen and oxygen atoms in total. The van der Waals surface area contributed by atoms with Crippen molar-refractivity contribution in [1.29, 1.82) is 5.26 Å². The van der Waals surface area contributed by atoms with Crippen molar-refractivity contribution in [2.45, 2.75) is 6.92 Å². The third kappa shape index (κ3) is 3.42. The van der Waals surface area contributed by atoms with E-state index in [1.165, 1.54) is 0 Å². The summed E-state index contributed by atoms with van der Waals surface area (Å²) in [5.41, 5.74) is 4.03. The van der Waals surface area contributed by atoms with Gasteiger partial charge in [0.05, 0.1) is 16.4 Å². The van der Waals surface area contributed by atoms with Crippen LogP contribution in [-0.2, 0) is 0 Å². The number of halogens is 3. The predicted octanol–water partition coefficient (Wildman–Crippen LogP) is 4.14. The van der Waals surface area contributed by atoms with Crippen molar-refractivity contribution in [2.75, 3.05) is 5.43 Å². The van der Waals surface area contributed by atoms with Crippen molar-refractivity contribution >= 4 is 46.3 Å². The summed E-state index contributed by atoms with van der Waals surface area (Å²) in [6.07, 6.45) is 1.66. The lowest BCUT2D eigenvalue weighted by Crippen LogP contribution is -2.03. The van der Waals surface area contributed by atoms with Gasteiger partial charge in [-0.1, -0.05) is 40.9 Å². The number of nitrogens with zero attached hydrogens (tertiary/aromatic N) is 4. The average Bonchev–Trinajstić information content (AvgIpc) is 2.50. The zero-order chi connectivity index (χ0) is 15.4. The van der Waals surface area contributed by atoms with Crippen LogP contribution >= 0.6 is 34.8 Å². The van der Waals surface area contributed by atoms with E-state index >= 15 is 0 Å². The molecule has 0 fully saturated rings. The Kier molecular flexibility index (Phi) is 4.97. The summed E-state index contributed by atoms with van der Waals surface area (Å²) in [6.45, 7) is 1.77. The van der Waals surface area contributed by atoms with Crippen LogP contribution in [0.5, 0.6) is 0 Å². The molecule has 0 aliphatic rings. The first-order chi connectivity index (χ1) is 10.0. The first-order valence-electron chi connectivity index (χ1n) is 5.71. The Hall–Kier alpha value is -1.87. The van der Waals surface area contributed by atoms with Crippen molar-refractivity contribution in [3.8, 4) is 6.07 Å². The molecule has 0 atom stereocenters. The maximum Gasteiger partial charge on any atom is 0.168 e. The van der Waals surface area contributed by atoms with Crippen LogP contribution in [0.15, 0.2) is 29.5 Å². The molecule has 2 heterocycles. The van der Waals surface area contributed by atoms with E-state index in [2.05, 4.69) is 20.5 Å². The van der Waals surface area contributed by atoms with Gasteiger partial charge in [0, 0.05) is 6.20 Å². The van der Waals surface area contributed by atoms with E-state index in [0.29, 0.717) is 11.4 Å². The lowest BCUT2D eigenvalue weighted by atomic mass is 10.3. The summed E-state index contributed by atoms with van der Waals surface area (Å²) < 4.78 is 0. The molecule has 0 unspecified atom stereocenters. The minimum atomic E-state index is -0.0416. The van der Waals surface area contributed by atoms with E-state index < -0.39 is 0 Å². The molecule has 0 aliphatic carbocycles. The van der Waals surface area contributed by atoms with Crippen LogP contribution < -0.4 is 5.43 Å². The molecule has 0 saturated carbocycles.